The Bertz CT molecular complexity index is 665. The normalized spacial score (nSPS) is 11.6. The average molecular weight is 318 g/mol. The molecule has 4 nitrogen and oxygen atoms in total. The van der Waals surface area contributed by atoms with Gasteiger partial charge in [-0.2, -0.15) is 0 Å². The summed E-state index contributed by atoms with van der Waals surface area (Å²) in [6.45, 7) is 3.17. The summed E-state index contributed by atoms with van der Waals surface area (Å²) in [5.74, 6) is 0.315. The summed E-state index contributed by atoms with van der Waals surface area (Å²) in [6, 6.07) is 13.5. The maximum Gasteiger partial charge on any atom is 0.255 e. The molecule has 0 saturated carbocycles. The Kier molecular flexibility index (Phi) is 5.17. The Morgan fingerprint density at radius 3 is 2.18 bits per heavy atom. The topological polar surface area (TPSA) is 55.4 Å². The molecule has 0 bridgehead atoms. The molecule has 0 aliphatic heterocycles. The summed E-state index contributed by atoms with van der Waals surface area (Å²) < 4.78 is 5.46. The Morgan fingerprint density at radius 1 is 1.05 bits per heavy atom. The fourth-order valence-electron chi connectivity index (χ4n) is 1.71. The summed E-state index contributed by atoms with van der Waals surface area (Å²) in [7, 11) is 0. The van der Waals surface area contributed by atoms with Crippen molar-refractivity contribution >= 4 is 29.0 Å². The van der Waals surface area contributed by atoms with Gasteiger partial charge in [0.05, 0.1) is 0 Å². The first-order chi connectivity index (χ1) is 10.5. The first kappa shape index (κ1) is 16.0. The van der Waals surface area contributed by atoms with Gasteiger partial charge < -0.3 is 10.1 Å². The molecule has 114 valence electrons. The molecule has 0 aromatic heterocycles. The molecule has 0 saturated heterocycles. The highest BCUT2D eigenvalue weighted by molar-refractivity contribution is 6.30. The van der Waals surface area contributed by atoms with E-state index in [1.807, 2.05) is 0 Å². The fraction of sp³-hybridized carbons (Fsp3) is 0.176. The first-order valence-electron chi connectivity index (χ1n) is 6.80. The van der Waals surface area contributed by atoms with Crippen molar-refractivity contribution in [2.24, 2.45) is 0 Å². The van der Waals surface area contributed by atoms with Crippen LogP contribution in [0.4, 0.5) is 5.69 Å². The lowest BCUT2D eigenvalue weighted by Crippen LogP contribution is -2.20. The molecule has 0 heterocycles. The first-order valence-corrected chi connectivity index (χ1v) is 7.17. The van der Waals surface area contributed by atoms with E-state index in [1.54, 1.807) is 55.5 Å². The van der Waals surface area contributed by atoms with Crippen LogP contribution in [-0.4, -0.2) is 17.8 Å². The summed E-state index contributed by atoms with van der Waals surface area (Å²) >= 11 is 5.79. The third-order valence-corrected chi connectivity index (χ3v) is 3.36. The van der Waals surface area contributed by atoms with Gasteiger partial charge in [0.2, 0.25) is 0 Å². The van der Waals surface area contributed by atoms with Crippen molar-refractivity contribution in [3.8, 4) is 5.75 Å². The zero-order chi connectivity index (χ0) is 16.1. The molecule has 0 radical (unpaired) electrons. The molecule has 0 aliphatic rings. The molecule has 22 heavy (non-hydrogen) atoms. The largest absolute Gasteiger partial charge is 0.483 e. The highest BCUT2D eigenvalue weighted by atomic mass is 35.5. The molecule has 1 unspecified atom stereocenters. The molecule has 0 fully saturated rings. The van der Waals surface area contributed by atoms with E-state index in [-0.39, 0.29) is 11.7 Å². The number of ether oxygens (including phenoxy) is 1. The molecule has 2 aromatic carbocycles. The molecule has 0 aliphatic carbocycles. The second-order valence-electron chi connectivity index (χ2n) is 4.86. The molecular weight excluding hydrogens is 302 g/mol. The van der Waals surface area contributed by atoms with E-state index in [2.05, 4.69) is 5.32 Å². The van der Waals surface area contributed by atoms with Gasteiger partial charge in [-0.1, -0.05) is 11.6 Å². The SMILES string of the molecule is CC(=O)C(C)Oc1ccc(NC(=O)c2ccc(Cl)cc2)cc1. The monoisotopic (exact) mass is 317 g/mol. The lowest BCUT2D eigenvalue weighted by molar-refractivity contribution is -0.122. The Labute approximate surface area is 134 Å². The van der Waals surface area contributed by atoms with Crippen LogP contribution in [0.3, 0.4) is 0 Å². The van der Waals surface area contributed by atoms with Crippen LogP contribution in [0.15, 0.2) is 48.5 Å². The van der Waals surface area contributed by atoms with Crippen molar-refractivity contribution in [1.82, 2.24) is 0 Å². The second-order valence-corrected chi connectivity index (χ2v) is 5.29. The van der Waals surface area contributed by atoms with Gasteiger partial charge in [-0.25, -0.2) is 0 Å². The second kappa shape index (κ2) is 7.09. The third kappa shape index (κ3) is 4.33. The van der Waals surface area contributed by atoms with Gasteiger partial charge in [-0.3, -0.25) is 9.59 Å². The molecule has 1 atom stereocenters. The van der Waals surface area contributed by atoms with Crippen molar-refractivity contribution in [3.63, 3.8) is 0 Å². The summed E-state index contributed by atoms with van der Waals surface area (Å²) in [6.07, 6.45) is -0.491. The number of carbonyl (C=O) groups is 2. The van der Waals surface area contributed by atoms with Crippen LogP contribution < -0.4 is 10.1 Å². The average Bonchev–Trinajstić information content (AvgIpc) is 2.49. The van der Waals surface area contributed by atoms with E-state index in [0.29, 0.717) is 22.0 Å². The summed E-state index contributed by atoms with van der Waals surface area (Å²) in [5, 5.41) is 3.36. The number of amides is 1. The van der Waals surface area contributed by atoms with Crippen molar-refractivity contribution in [1.29, 1.82) is 0 Å². The van der Waals surface area contributed by atoms with E-state index in [4.69, 9.17) is 16.3 Å². The maximum absolute atomic E-state index is 12.0. The number of nitrogens with one attached hydrogen (secondary N) is 1. The van der Waals surface area contributed by atoms with Gasteiger partial charge >= 0.3 is 0 Å². The fourth-order valence-corrected chi connectivity index (χ4v) is 1.83. The number of benzene rings is 2. The standard InChI is InChI=1S/C17H16ClNO3/c1-11(20)12(2)22-16-9-7-15(8-10-16)19-17(21)13-3-5-14(18)6-4-13/h3-10,12H,1-2H3,(H,19,21). The van der Waals surface area contributed by atoms with Crippen molar-refractivity contribution in [2.75, 3.05) is 5.32 Å². The van der Waals surface area contributed by atoms with Crippen LogP contribution in [0.1, 0.15) is 24.2 Å². The Hall–Kier alpha value is -2.33. The maximum atomic E-state index is 12.0. The zero-order valence-electron chi connectivity index (χ0n) is 12.3. The van der Waals surface area contributed by atoms with Crippen molar-refractivity contribution in [3.05, 3.63) is 59.1 Å². The third-order valence-electron chi connectivity index (χ3n) is 3.10. The highest BCUT2D eigenvalue weighted by Gasteiger charge is 2.09. The Morgan fingerprint density at radius 2 is 1.64 bits per heavy atom. The van der Waals surface area contributed by atoms with Crippen LogP contribution in [0, 0.1) is 0 Å². The lowest BCUT2D eigenvalue weighted by atomic mass is 10.2. The van der Waals surface area contributed by atoms with Gasteiger partial charge in [-0.15, -0.1) is 0 Å². The van der Waals surface area contributed by atoms with Gasteiger partial charge in [0.15, 0.2) is 11.9 Å². The van der Waals surface area contributed by atoms with E-state index in [9.17, 15) is 9.59 Å². The van der Waals surface area contributed by atoms with Crippen LogP contribution in [0.25, 0.3) is 0 Å². The molecule has 5 heteroatoms. The summed E-state index contributed by atoms with van der Waals surface area (Å²) in [5.41, 5.74) is 1.16. The minimum absolute atomic E-state index is 0.0416. The number of halogens is 1. The van der Waals surface area contributed by atoms with Crippen LogP contribution in [0.5, 0.6) is 5.75 Å². The van der Waals surface area contributed by atoms with Gasteiger partial charge in [-0.05, 0) is 62.4 Å². The number of anilines is 1. The van der Waals surface area contributed by atoms with E-state index in [1.165, 1.54) is 6.92 Å². The molecule has 2 aromatic rings. The van der Waals surface area contributed by atoms with Crippen LogP contribution >= 0.6 is 11.6 Å². The predicted molar refractivity (Wildman–Crippen MR) is 86.6 cm³/mol. The smallest absolute Gasteiger partial charge is 0.255 e. The van der Waals surface area contributed by atoms with Crippen molar-refractivity contribution < 1.29 is 14.3 Å². The van der Waals surface area contributed by atoms with Gasteiger partial charge in [0.25, 0.3) is 5.91 Å². The van der Waals surface area contributed by atoms with Crippen molar-refractivity contribution in [2.45, 2.75) is 20.0 Å². The minimum atomic E-state index is -0.491. The highest BCUT2D eigenvalue weighted by Crippen LogP contribution is 2.18. The van der Waals surface area contributed by atoms with E-state index >= 15 is 0 Å². The molecule has 1 amide bonds. The number of rotatable bonds is 5. The number of Topliss-reactive ketones (excluding diaryl/α,β-unsaturated/α-hetero) is 1. The minimum Gasteiger partial charge on any atom is -0.483 e. The summed E-state index contributed by atoms with van der Waals surface area (Å²) in [4.78, 5) is 23.2. The van der Waals surface area contributed by atoms with E-state index in [0.717, 1.165) is 0 Å². The quantitative estimate of drug-likeness (QED) is 0.908. The predicted octanol–water partition coefficient (Wildman–Crippen LogP) is 3.95. The number of ketones is 1. The van der Waals surface area contributed by atoms with Crippen LogP contribution in [-0.2, 0) is 4.79 Å². The molecular formula is C17H16ClNO3. The number of hydrogen-bond donors (Lipinski definition) is 1. The Balaban J connectivity index is 2.00. The number of hydrogen-bond acceptors (Lipinski definition) is 3. The molecule has 0 spiro atoms. The van der Waals surface area contributed by atoms with Crippen LogP contribution in [0.2, 0.25) is 5.02 Å². The lowest BCUT2D eigenvalue weighted by Gasteiger charge is -2.12. The molecule has 2 rings (SSSR count). The van der Waals surface area contributed by atoms with E-state index < -0.39 is 6.10 Å². The zero-order valence-corrected chi connectivity index (χ0v) is 13.1. The molecule has 1 N–H and O–H groups in total. The van der Waals surface area contributed by atoms with Gasteiger partial charge in [0.1, 0.15) is 5.75 Å². The number of carbonyl (C=O) groups excluding carboxylic acids is 2. The van der Waals surface area contributed by atoms with Gasteiger partial charge in [0, 0.05) is 16.3 Å².